The minimum absolute atomic E-state index is 0.127. The van der Waals surface area contributed by atoms with Gasteiger partial charge in [0, 0.05) is 70.6 Å². The topological polar surface area (TPSA) is 43.4 Å². The molecule has 1 atom stereocenters. The highest BCUT2D eigenvalue weighted by Crippen LogP contribution is 2.67. The quantitative estimate of drug-likeness (QED) is 0.166. The first-order valence-electron chi connectivity index (χ1n) is 23.1. The summed E-state index contributed by atoms with van der Waals surface area (Å²) in [5, 5.41) is 2.40. The molecule has 6 heteroatoms. The Morgan fingerprint density at radius 2 is 1.24 bits per heavy atom. The number of nitrogens with zero attached hydrogens (tertiary/aromatic N) is 2. The third kappa shape index (κ3) is 6.66. The zero-order chi connectivity index (χ0) is 43.1. The van der Waals surface area contributed by atoms with Gasteiger partial charge in [0.05, 0.1) is 33.5 Å². The van der Waals surface area contributed by atoms with Gasteiger partial charge in [-0.05, 0) is 113 Å². The summed E-state index contributed by atoms with van der Waals surface area (Å²) >= 11 is 0. The molecule has 0 bridgehead atoms. The van der Waals surface area contributed by atoms with Crippen LogP contribution in [0.25, 0.3) is 39.1 Å². The Hall–Kier alpha value is -5.56. The van der Waals surface area contributed by atoms with Crippen molar-refractivity contribution in [1.29, 1.82) is 0 Å². The summed E-state index contributed by atoms with van der Waals surface area (Å²) in [4.78, 5) is 4.99. The molecule has 3 fully saturated rings. The van der Waals surface area contributed by atoms with Gasteiger partial charge < -0.3 is 28.7 Å². The first kappa shape index (κ1) is 40.2. The van der Waals surface area contributed by atoms with Gasteiger partial charge in [-0.2, -0.15) is 0 Å². The summed E-state index contributed by atoms with van der Waals surface area (Å²) in [6, 6.07) is 41.0. The molecular formula is C57H60N2O4. The fraction of sp³-hybridized carbons (Fsp3) is 0.368. The van der Waals surface area contributed by atoms with Crippen LogP contribution in [0.1, 0.15) is 80.3 Å². The molecule has 3 aliphatic heterocycles. The van der Waals surface area contributed by atoms with Gasteiger partial charge in [-0.1, -0.05) is 112 Å². The maximum atomic E-state index is 7.98. The summed E-state index contributed by atoms with van der Waals surface area (Å²) in [7, 11) is 1.73. The van der Waals surface area contributed by atoms with E-state index in [2.05, 4.69) is 166 Å². The molecule has 322 valence electrons. The van der Waals surface area contributed by atoms with Gasteiger partial charge in [-0.25, -0.2) is 0 Å². The van der Waals surface area contributed by atoms with Crippen molar-refractivity contribution < 1.29 is 18.9 Å². The van der Waals surface area contributed by atoms with Crippen molar-refractivity contribution in [3.8, 4) is 33.8 Å². The van der Waals surface area contributed by atoms with Crippen LogP contribution in [0.3, 0.4) is 0 Å². The number of rotatable bonds is 6. The van der Waals surface area contributed by atoms with Crippen LogP contribution in [0.4, 0.5) is 11.4 Å². The van der Waals surface area contributed by atoms with Crippen LogP contribution < -0.4 is 19.3 Å². The smallest absolute Gasteiger partial charge is 0.178 e. The summed E-state index contributed by atoms with van der Waals surface area (Å²) in [5.41, 5.74) is 14.3. The number of benzene rings is 6. The maximum Gasteiger partial charge on any atom is 0.178 e. The van der Waals surface area contributed by atoms with E-state index in [4.69, 9.17) is 18.9 Å². The normalized spacial score (nSPS) is 21.7. The molecule has 6 aromatic rings. The third-order valence-electron chi connectivity index (χ3n) is 14.8. The van der Waals surface area contributed by atoms with Crippen molar-refractivity contribution in [3.63, 3.8) is 0 Å². The van der Waals surface area contributed by atoms with Gasteiger partial charge >= 0.3 is 0 Å². The van der Waals surface area contributed by atoms with Gasteiger partial charge in [-0.3, -0.25) is 0 Å². The summed E-state index contributed by atoms with van der Waals surface area (Å²) in [6.45, 7) is 18.6. The molecule has 1 spiro atoms. The Morgan fingerprint density at radius 1 is 0.619 bits per heavy atom. The van der Waals surface area contributed by atoms with Crippen LogP contribution in [0.15, 0.2) is 115 Å². The van der Waals surface area contributed by atoms with E-state index in [1.807, 2.05) is 0 Å². The summed E-state index contributed by atoms with van der Waals surface area (Å²) in [6.07, 6.45) is 8.12. The minimum Gasteiger partial charge on any atom is -0.497 e. The lowest BCUT2D eigenvalue weighted by Crippen LogP contribution is -2.44. The lowest BCUT2D eigenvalue weighted by atomic mass is 9.52. The van der Waals surface area contributed by atoms with Crippen molar-refractivity contribution in [3.05, 3.63) is 149 Å². The monoisotopic (exact) mass is 836 g/mol. The first-order chi connectivity index (χ1) is 30.5. The molecule has 2 saturated heterocycles. The van der Waals surface area contributed by atoms with E-state index in [0.717, 1.165) is 80.2 Å². The predicted octanol–water partition coefficient (Wildman–Crippen LogP) is 12.3. The number of anilines is 2. The van der Waals surface area contributed by atoms with Crippen LogP contribution in [0.5, 0.6) is 11.5 Å². The Balaban J connectivity index is 1.23. The Labute approximate surface area is 373 Å². The molecule has 6 nitrogen and oxygen atoms in total. The minimum atomic E-state index is -0.888. The number of hydrogen-bond donors (Lipinski definition) is 0. The second kappa shape index (κ2) is 15.0. The molecule has 6 aromatic carbocycles. The van der Waals surface area contributed by atoms with Crippen LogP contribution in [0.2, 0.25) is 0 Å². The zero-order valence-electron chi connectivity index (χ0n) is 37.9. The van der Waals surface area contributed by atoms with Gasteiger partial charge in [0.15, 0.2) is 5.60 Å². The molecule has 2 aliphatic carbocycles. The molecule has 11 rings (SSSR count). The number of morpholine rings is 2. The third-order valence-corrected chi connectivity index (χ3v) is 14.8. The molecule has 0 aromatic heterocycles. The van der Waals surface area contributed by atoms with Crippen LogP contribution in [0, 0.1) is 17.8 Å². The molecule has 63 heavy (non-hydrogen) atoms. The molecule has 5 aliphatic rings. The zero-order valence-corrected chi connectivity index (χ0v) is 37.9. The second-order valence-electron chi connectivity index (χ2n) is 20.4. The fourth-order valence-electron chi connectivity index (χ4n) is 12.8. The van der Waals surface area contributed by atoms with Crippen LogP contribution in [-0.2, 0) is 20.5 Å². The summed E-state index contributed by atoms with van der Waals surface area (Å²) in [5.74, 6) is 1.78. The van der Waals surface area contributed by atoms with Crippen molar-refractivity contribution in [2.75, 3.05) is 69.5 Å². The fourth-order valence-corrected chi connectivity index (χ4v) is 12.8. The van der Waals surface area contributed by atoms with Crippen molar-refractivity contribution in [2.45, 2.75) is 64.9 Å². The highest BCUT2D eigenvalue weighted by Gasteiger charge is 2.55. The van der Waals surface area contributed by atoms with E-state index in [0.29, 0.717) is 13.2 Å². The van der Waals surface area contributed by atoms with E-state index in [1.165, 1.54) is 67.7 Å². The highest BCUT2D eigenvalue weighted by molar-refractivity contribution is 6.12. The standard InChI is InChI=1S/C57H60N2O4/c1-38-11-15-40(16-12-38)57(41-17-21-43(60-6)22-18-41)24-23-45-52-51(44-9-7-8-10-49(44)56(52)36-54(2,3)35-55(4,5)37-56)47-34-50(59-27-31-62-32-28-59)46(33-48(47)53(45)63-57)39-13-19-42(20-14-39)58-25-29-61-30-26-58/h7-24,33-34H,25-32,35-37H2,1-6H3. The molecule has 0 N–H and O–H groups in total. The molecule has 3 heterocycles. The molecule has 1 unspecified atom stereocenters. The van der Waals surface area contributed by atoms with Crippen molar-refractivity contribution >= 4 is 28.2 Å². The molecule has 0 amide bonds. The van der Waals surface area contributed by atoms with Gasteiger partial charge in [0.2, 0.25) is 0 Å². The van der Waals surface area contributed by atoms with E-state index in [9.17, 15) is 0 Å². The lowest BCUT2D eigenvalue weighted by molar-refractivity contribution is 0.0642. The lowest BCUT2D eigenvalue weighted by Gasteiger charge is -2.52. The largest absolute Gasteiger partial charge is 0.497 e. The van der Waals surface area contributed by atoms with Gasteiger partial charge in [0.1, 0.15) is 11.5 Å². The number of fused-ring (bicyclic) bond motifs is 10. The summed E-state index contributed by atoms with van der Waals surface area (Å²) < 4.78 is 25.3. The van der Waals surface area contributed by atoms with E-state index in [-0.39, 0.29) is 16.2 Å². The average molecular weight is 837 g/mol. The average Bonchev–Trinajstić information content (AvgIpc) is 3.56. The molecule has 0 radical (unpaired) electrons. The van der Waals surface area contributed by atoms with Crippen LogP contribution >= 0.6 is 0 Å². The molecule has 1 saturated carbocycles. The highest BCUT2D eigenvalue weighted by atomic mass is 16.5. The SMILES string of the molecule is COc1ccc(C2(c3ccc(C)cc3)C=Cc3c4c(c5cc(N6CCOCC6)c(-c6ccc(N7CCOCC7)cc6)cc5c3O2)-c2ccccc2C42CC(C)(C)CC(C)(C)C2)cc1. The van der Waals surface area contributed by atoms with E-state index in [1.54, 1.807) is 7.11 Å². The van der Waals surface area contributed by atoms with Gasteiger partial charge in [0.25, 0.3) is 0 Å². The van der Waals surface area contributed by atoms with E-state index >= 15 is 0 Å². The molecular weight excluding hydrogens is 777 g/mol. The van der Waals surface area contributed by atoms with E-state index < -0.39 is 5.60 Å². The predicted molar refractivity (Wildman–Crippen MR) is 258 cm³/mol. The number of ether oxygens (including phenoxy) is 4. The number of hydrogen-bond acceptors (Lipinski definition) is 6. The maximum absolute atomic E-state index is 7.98. The van der Waals surface area contributed by atoms with Crippen molar-refractivity contribution in [1.82, 2.24) is 0 Å². The Bertz CT molecular complexity index is 2720. The van der Waals surface area contributed by atoms with Gasteiger partial charge in [-0.15, -0.1) is 0 Å². The first-order valence-corrected chi connectivity index (χ1v) is 23.1. The Morgan fingerprint density at radius 3 is 1.89 bits per heavy atom. The van der Waals surface area contributed by atoms with Crippen molar-refractivity contribution in [2.24, 2.45) is 10.8 Å². The Kier molecular flexibility index (Phi) is 9.60. The second-order valence-corrected chi connectivity index (χ2v) is 20.4. The number of methoxy groups -OCH3 is 1. The number of aryl methyl sites for hydroxylation is 1. The van der Waals surface area contributed by atoms with Crippen LogP contribution in [-0.4, -0.2) is 59.7 Å².